The maximum atomic E-state index is 12.6. The zero-order valence-electron chi connectivity index (χ0n) is 13.0. The Balaban J connectivity index is 1.73. The number of amides is 1. The van der Waals surface area contributed by atoms with Crippen LogP contribution in [0.1, 0.15) is 36.0 Å². The fourth-order valence-electron chi connectivity index (χ4n) is 3.56. The quantitative estimate of drug-likeness (QED) is 0.914. The molecule has 1 aromatic carbocycles. The van der Waals surface area contributed by atoms with Crippen molar-refractivity contribution in [1.29, 1.82) is 0 Å². The van der Waals surface area contributed by atoms with Gasteiger partial charge in [0.25, 0.3) is 5.91 Å². The largest absolute Gasteiger partial charge is 0.339 e. The molecule has 5 nitrogen and oxygen atoms in total. The van der Waals surface area contributed by atoms with Crippen LogP contribution < -0.4 is 5.32 Å². The summed E-state index contributed by atoms with van der Waals surface area (Å²) in [6.45, 7) is 0. The third-order valence-corrected chi connectivity index (χ3v) is 5.97. The van der Waals surface area contributed by atoms with Crippen molar-refractivity contribution < 1.29 is 13.2 Å². The molecule has 2 unspecified atom stereocenters. The third kappa shape index (κ3) is 3.03. The van der Waals surface area contributed by atoms with Crippen molar-refractivity contribution in [1.82, 2.24) is 10.2 Å². The molecular formula is C16H22N2O3S. The van der Waals surface area contributed by atoms with Gasteiger partial charge in [-0.1, -0.05) is 0 Å². The molecule has 3 rings (SSSR count). The summed E-state index contributed by atoms with van der Waals surface area (Å²) >= 11 is 0. The minimum atomic E-state index is -3.23. The molecule has 1 N–H and O–H groups in total. The van der Waals surface area contributed by atoms with Gasteiger partial charge in [0.15, 0.2) is 9.84 Å². The zero-order valence-corrected chi connectivity index (χ0v) is 13.8. The Hall–Kier alpha value is -1.40. The molecule has 2 heterocycles. The van der Waals surface area contributed by atoms with Gasteiger partial charge in [-0.2, -0.15) is 0 Å². The number of carbonyl (C=O) groups excluding carboxylic acids is 1. The van der Waals surface area contributed by atoms with Crippen LogP contribution in [0.4, 0.5) is 0 Å². The first-order valence-corrected chi connectivity index (χ1v) is 9.57. The molecule has 1 amide bonds. The van der Waals surface area contributed by atoms with E-state index in [2.05, 4.69) is 5.32 Å². The predicted molar refractivity (Wildman–Crippen MR) is 84.6 cm³/mol. The summed E-state index contributed by atoms with van der Waals surface area (Å²) in [5.74, 6) is -0.0358. The van der Waals surface area contributed by atoms with E-state index in [9.17, 15) is 13.2 Å². The summed E-state index contributed by atoms with van der Waals surface area (Å²) in [4.78, 5) is 14.7. The average molecular weight is 322 g/mol. The van der Waals surface area contributed by atoms with Crippen molar-refractivity contribution in [3.63, 3.8) is 0 Å². The highest BCUT2D eigenvalue weighted by Gasteiger charge is 2.36. The van der Waals surface area contributed by atoms with Gasteiger partial charge in [0.2, 0.25) is 0 Å². The van der Waals surface area contributed by atoms with Crippen molar-refractivity contribution in [3.05, 3.63) is 29.8 Å². The lowest BCUT2D eigenvalue weighted by Gasteiger charge is -2.35. The number of hydrogen-bond donors (Lipinski definition) is 1. The number of hydrogen-bond acceptors (Lipinski definition) is 4. The summed E-state index contributed by atoms with van der Waals surface area (Å²) in [6.07, 6.45) is 5.57. The first-order chi connectivity index (χ1) is 10.3. The number of nitrogens with zero attached hydrogens (tertiary/aromatic N) is 1. The second kappa shape index (κ2) is 5.66. The van der Waals surface area contributed by atoms with Crippen molar-refractivity contribution in [2.45, 2.75) is 48.7 Å². The topological polar surface area (TPSA) is 66.5 Å². The molecule has 2 aliphatic rings. The highest BCUT2D eigenvalue weighted by atomic mass is 32.2. The molecule has 0 aromatic heterocycles. The lowest BCUT2D eigenvalue weighted by atomic mass is 9.98. The van der Waals surface area contributed by atoms with E-state index in [0.717, 1.165) is 12.8 Å². The summed E-state index contributed by atoms with van der Waals surface area (Å²) in [5, 5.41) is 3.57. The van der Waals surface area contributed by atoms with Gasteiger partial charge in [-0.3, -0.25) is 4.79 Å². The van der Waals surface area contributed by atoms with E-state index in [1.807, 2.05) is 11.9 Å². The van der Waals surface area contributed by atoms with Gasteiger partial charge in [-0.25, -0.2) is 8.42 Å². The van der Waals surface area contributed by atoms with Crippen LogP contribution in [0.15, 0.2) is 29.2 Å². The number of sulfone groups is 1. The second-order valence-electron chi connectivity index (χ2n) is 6.48. The molecule has 0 saturated carbocycles. The highest BCUT2D eigenvalue weighted by Crippen LogP contribution is 2.29. The molecule has 2 atom stereocenters. The lowest BCUT2D eigenvalue weighted by molar-refractivity contribution is 0.0681. The lowest BCUT2D eigenvalue weighted by Crippen LogP contribution is -2.48. The van der Waals surface area contributed by atoms with Gasteiger partial charge >= 0.3 is 0 Å². The first kappa shape index (κ1) is 15.5. The Bertz CT molecular complexity index is 657. The summed E-state index contributed by atoms with van der Waals surface area (Å²) in [7, 11) is -1.38. The molecule has 6 heteroatoms. The van der Waals surface area contributed by atoms with E-state index in [-0.39, 0.29) is 16.8 Å². The smallest absolute Gasteiger partial charge is 0.253 e. The molecule has 2 saturated heterocycles. The molecule has 120 valence electrons. The SMILES string of the molecule is CN(C(=O)c1ccc(S(C)(=O)=O)cc1)C1CC2CCC(C1)N2. The van der Waals surface area contributed by atoms with Gasteiger partial charge in [-0.05, 0) is 49.9 Å². The summed E-state index contributed by atoms with van der Waals surface area (Å²) < 4.78 is 22.9. The standard InChI is InChI=1S/C16H22N2O3S/c1-18(14-9-12-5-6-13(10-14)17-12)16(19)11-3-7-15(8-4-11)22(2,20)21/h3-4,7-8,12-14,17H,5-6,9-10H2,1-2H3. The number of fused-ring (bicyclic) bond motifs is 2. The van der Waals surface area contributed by atoms with Crippen molar-refractivity contribution in [3.8, 4) is 0 Å². The Morgan fingerprint density at radius 3 is 2.18 bits per heavy atom. The third-order valence-electron chi connectivity index (χ3n) is 4.85. The average Bonchev–Trinajstić information content (AvgIpc) is 2.83. The fourth-order valence-corrected chi connectivity index (χ4v) is 4.19. The summed E-state index contributed by atoms with van der Waals surface area (Å²) in [5.41, 5.74) is 0.542. The van der Waals surface area contributed by atoms with Crippen LogP contribution in [0.2, 0.25) is 0 Å². The molecule has 0 aliphatic carbocycles. The molecule has 0 radical (unpaired) electrons. The number of rotatable bonds is 3. The van der Waals surface area contributed by atoms with Crippen LogP contribution in [0.3, 0.4) is 0 Å². The van der Waals surface area contributed by atoms with Crippen LogP contribution in [-0.2, 0) is 9.84 Å². The Kier molecular flexibility index (Phi) is 3.99. The highest BCUT2D eigenvalue weighted by molar-refractivity contribution is 7.90. The van der Waals surface area contributed by atoms with Gasteiger partial charge < -0.3 is 10.2 Å². The number of carbonyl (C=O) groups is 1. The molecule has 2 bridgehead atoms. The van der Waals surface area contributed by atoms with Crippen molar-refractivity contribution in [2.24, 2.45) is 0 Å². The zero-order chi connectivity index (χ0) is 15.9. The fraction of sp³-hybridized carbons (Fsp3) is 0.562. The van der Waals surface area contributed by atoms with Gasteiger partial charge in [-0.15, -0.1) is 0 Å². The number of benzene rings is 1. The molecule has 0 spiro atoms. The van der Waals surface area contributed by atoms with E-state index in [4.69, 9.17) is 0 Å². The van der Waals surface area contributed by atoms with E-state index in [0.29, 0.717) is 17.6 Å². The predicted octanol–water partition coefficient (Wildman–Crippen LogP) is 1.45. The number of nitrogens with one attached hydrogen (secondary N) is 1. The van der Waals surface area contributed by atoms with Gasteiger partial charge in [0, 0.05) is 37.0 Å². The minimum Gasteiger partial charge on any atom is -0.339 e. The maximum absolute atomic E-state index is 12.6. The first-order valence-electron chi connectivity index (χ1n) is 7.68. The van der Waals surface area contributed by atoms with Crippen LogP contribution in [0.5, 0.6) is 0 Å². The molecule has 22 heavy (non-hydrogen) atoms. The van der Waals surface area contributed by atoms with Crippen LogP contribution >= 0.6 is 0 Å². The Morgan fingerprint density at radius 2 is 1.68 bits per heavy atom. The van der Waals surface area contributed by atoms with Gasteiger partial charge in [0.05, 0.1) is 4.90 Å². The van der Waals surface area contributed by atoms with Gasteiger partial charge in [0.1, 0.15) is 0 Å². The molecule has 2 aliphatic heterocycles. The number of piperidine rings is 1. The van der Waals surface area contributed by atoms with Crippen molar-refractivity contribution >= 4 is 15.7 Å². The van der Waals surface area contributed by atoms with E-state index in [1.54, 1.807) is 12.1 Å². The van der Waals surface area contributed by atoms with E-state index < -0.39 is 9.84 Å². The Morgan fingerprint density at radius 1 is 1.14 bits per heavy atom. The molecule has 2 fully saturated rings. The maximum Gasteiger partial charge on any atom is 0.253 e. The summed E-state index contributed by atoms with van der Waals surface area (Å²) in [6, 6.07) is 7.54. The second-order valence-corrected chi connectivity index (χ2v) is 8.49. The van der Waals surface area contributed by atoms with Crippen molar-refractivity contribution in [2.75, 3.05) is 13.3 Å². The Labute approximate surface area is 131 Å². The van der Waals surface area contributed by atoms with Crippen LogP contribution in [0, 0.1) is 0 Å². The normalized spacial score (nSPS) is 27.6. The molecular weight excluding hydrogens is 300 g/mol. The van der Waals surface area contributed by atoms with Crippen LogP contribution in [-0.4, -0.2) is 50.7 Å². The van der Waals surface area contributed by atoms with Crippen LogP contribution in [0.25, 0.3) is 0 Å². The van der Waals surface area contributed by atoms with E-state index in [1.165, 1.54) is 31.2 Å². The monoisotopic (exact) mass is 322 g/mol. The molecule has 1 aromatic rings. The van der Waals surface area contributed by atoms with E-state index >= 15 is 0 Å². The minimum absolute atomic E-state index is 0.0358.